The predicted molar refractivity (Wildman–Crippen MR) is 131 cm³/mol. The van der Waals surface area contributed by atoms with E-state index in [4.69, 9.17) is 4.74 Å². The van der Waals surface area contributed by atoms with E-state index >= 15 is 0 Å². The monoisotopic (exact) mass is 476 g/mol. The molecule has 5 rings (SSSR count). The minimum atomic E-state index is -0.827. The lowest BCUT2D eigenvalue weighted by molar-refractivity contribution is -0.150. The molecule has 1 aliphatic heterocycles. The molecule has 7 nitrogen and oxygen atoms in total. The van der Waals surface area contributed by atoms with Gasteiger partial charge in [0.05, 0.1) is 5.41 Å². The SMILES string of the molecule is CC(C)(CC(=O)N1CCC2(C(=O)O)CCCC12)NC(=O)OCC1c2ccccc2-c2ccccc21. The van der Waals surface area contributed by atoms with Crippen molar-refractivity contribution in [3.05, 3.63) is 59.7 Å². The van der Waals surface area contributed by atoms with Crippen molar-refractivity contribution in [2.75, 3.05) is 13.2 Å². The Morgan fingerprint density at radius 2 is 1.69 bits per heavy atom. The summed E-state index contributed by atoms with van der Waals surface area (Å²) in [5, 5.41) is 12.6. The van der Waals surface area contributed by atoms with E-state index in [1.54, 1.807) is 18.7 Å². The summed E-state index contributed by atoms with van der Waals surface area (Å²) in [6, 6.07) is 16.1. The smallest absolute Gasteiger partial charge is 0.407 e. The van der Waals surface area contributed by atoms with Crippen LogP contribution in [0.2, 0.25) is 0 Å². The molecule has 2 amide bonds. The summed E-state index contributed by atoms with van der Waals surface area (Å²) in [5.74, 6) is -0.954. The van der Waals surface area contributed by atoms with Crippen LogP contribution in [0, 0.1) is 5.41 Å². The molecule has 1 saturated heterocycles. The van der Waals surface area contributed by atoms with Crippen LogP contribution in [0.25, 0.3) is 11.1 Å². The van der Waals surface area contributed by atoms with Crippen LogP contribution in [-0.4, -0.2) is 52.7 Å². The molecule has 0 aromatic heterocycles. The standard InChI is InChI=1S/C28H32N2O5/c1-27(2,16-24(31)30-15-14-28(25(32)33)13-7-12-23(28)30)29-26(34)35-17-22-20-10-5-3-8-18(20)19-9-4-6-11-21(19)22/h3-6,8-11,22-23H,7,12-17H2,1-2H3,(H,29,34)(H,32,33). The number of nitrogens with one attached hydrogen (secondary N) is 1. The van der Waals surface area contributed by atoms with Gasteiger partial charge in [-0.2, -0.15) is 0 Å². The van der Waals surface area contributed by atoms with Gasteiger partial charge in [0.25, 0.3) is 0 Å². The number of nitrogens with zero attached hydrogens (tertiary/aromatic N) is 1. The molecule has 35 heavy (non-hydrogen) atoms. The molecular formula is C28H32N2O5. The highest BCUT2D eigenvalue weighted by atomic mass is 16.5. The summed E-state index contributed by atoms with van der Waals surface area (Å²) in [6.07, 6.45) is 2.19. The van der Waals surface area contributed by atoms with E-state index < -0.39 is 23.0 Å². The van der Waals surface area contributed by atoms with Crippen molar-refractivity contribution in [2.24, 2.45) is 5.41 Å². The Kier molecular flexibility index (Phi) is 5.82. The first-order valence-corrected chi connectivity index (χ1v) is 12.4. The summed E-state index contributed by atoms with van der Waals surface area (Å²) in [4.78, 5) is 39.5. The third-order valence-corrected chi connectivity index (χ3v) is 8.04. The number of carbonyl (C=O) groups is 3. The number of alkyl carbamates (subject to hydrolysis) is 1. The highest BCUT2D eigenvalue weighted by molar-refractivity contribution is 5.83. The van der Waals surface area contributed by atoms with Crippen molar-refractivity contribution < 1.29 is 24.2 Å². The molecule has 184 valence electrons. The third-order valence-electron chi connectivity index (χ3n) is 8.04. The highest BCUT2D eigenvalue weighted by Crippen LogP contribution is 2.49. The normalized spacial score (nSPS) is 22.9. The predicted octanol–water partition coefficient (Wildman–Crippen LogP) is 4.55. The number of fused-ring (bicyclic) bond motifs is 4. The average Bonchev–Trinajstić information content (AvgIpc) is 3.48. The fourth-order valence-corrected chi connectivity index (χ4v) is 6.36. The molecule has 2 atom stereocenters. The number of carboxylic acid groups (broad SMARTS) is 1. The van der Waals surface area contributed by atoms with Gasteiger partial charge in [0.15, 0.2) is 0 Å². The Morgan fingerprint density at radius 3 is 2.31 bits per heavy atom. The highest BCUT2D eigenvalue weighted by Gasteiger charge is 2.56. The first-order valence-electron chi connectivity index (χ1n) is 12.4. The van der Waals surface area contributed by atoms with E-state index in [0.29, 0.717) is 19.4 Å². The van der Waals surface area contributed by atoms with E-state index in [-0.39, 0.29) is 30.9 Å². The second kappa shape index (κ2) is 8.70. The summed E-state index contributed by atoms with van der Waals surface area (Å²) in [7, 11) is 0. The Labute approximate surface area is 205 Å². The quantitative estimate of drug-likeness (QED) is 0.638. The van der Waals surface area contributed by atoms with Crippen molar-refractivity contribution in [3.63, 3.8) is 0 Å². The number of carboxylic acids is 1. The third kappa shape index (κ3) is 4.07. The van der Waals surface area contributed by atoms with Crippen LogP contribution in [0.15, 0.2) is 48.5 Å². The molecule has 2 N–H and O–H groups in total. The van der Waals surface area contributed by atoms with Crippen LogP contribution in [0.4, 0.5) is 4.79 Å². The van der Waals surface area contributed by atoms with Crippen LogP contribution < -0.4 is 5.32 Å². The lowest BCUT2D eigenvalue weighted by atomic mass is 9.82. The maximum Gasteiger partial charge on any atom is 0.407 e. The molecule has 2 unspecified atom stereocenters. The van der Waals surface area contributed by atoms with Gasteiger partial charge >= 0.3 is 12.1 Å². The summed E-state index contributed by atoms with van der Waals surface area (Å²) in [5.41, 5.74) is 2.98. The second-order valence-electron chi connectivity index (χ2n) is 10.7. The van der Waals surface area contributed by atoms with Crippen molar-refractivity contribution in [1.82, 2.24) is 10.2 Å². The fourth-order valence-electron chi connectivity index (χ4n) is 6.36. The zero-order valence-corrected chi connectivity index (χ0v) is 20.3. The minimum absolute atomic E-state index is 0.0333. The molecule has 3 aliphatic rings. The van der Waals surface area contributed by atoms with E-state index in [1.807, 2.05) is 24.3 Å². The van der Waals surface area contributed by atoms with Crippen LogP contribution in [0.3, 0.4) is 0 Å². The van der Waals surface area contributed by atoms with Crippen molar-refractivity contribution in [3.8, 4) is 11.1 Å². The first-order chi connectivity index (χ1) is 16.7. The van der Waals surface area contributed by atoms with E-state index in [1.165, 1.54) is 0 Å². The van der Waals surface area contributed by atoms with Gasteiger partial charge in [0.2, 0.25) is 5.91 Å². The fraction of sp³-hybridized carbons (Fsp3) is 0.464. The molecule has 7 heteroatoms. The lowest BCUT2D eigenvalue weighted by Gasteiger charge is -2.32. The van der Waals surface area contributed by atoms with Gasteiger partial charge in [-0.1, -0.05) is 55.0 Å². The zero-order valence-electron chi connectivity index (χ0n) is 20.3. The van der Waals surface area contributed by atoms with Gasteiger partial charge in [-0.25, -0.2) is 4.79 Å². The second-order valence-corrected chi connectivity index (χ2v) is 10.7. The zero-order chi connectivity index (χ0) is 24.8. The Bertz CT molecular complexity index is 1130. The van der Waals surface area contributed by atoms with E-state index in [2.05, 4.69) is 29.6 Å². The Balaban J connectivity index is 1.20. The average molecular weight is 477 g/mol. The molecule has 0 radical (unpaired) electrons. The molecule has 0 spiro atoms. The maximum atomic E-state index is 13.1. The number of benzene rings is 2. The molecule has 1 saturated carbocycles. The lowest BCUT2D eigenvalue weighted by Crippen LogP contribution is -2.50. The van der Waals surface area contributed by atoms with Gasteiger partial charge in [0.1, 0.15) is 6.61 Å². The number of rotatable bonds is 6. The number of aliphatic carboxylic acids is 1. The Hall–Kier alpha value is -3.35. The van der Waals surface area contributed by atoms with Gasteiger partial charge < -0.3 is 20.1 Å². The van der Waals surface area contributed by atoms with Crippen molar-refractivity contribution in [1.29, 1.82) is 0 Å². The topological polar surface area (TPSA) is 95.9 Å². The number of hydrogen-bond donors (Lipinski definition) is 2. The van der Waals surface area contributed by atoms with Crippen molar-refractivity contribution >= 4 is 18.0 Å². The van der Waals surface area contributed by atoms with Crippen LogP contribution in [-0.2, 0) is 14.3 Å². The largest absolute Gasteiger partial charge is 0.481 e. The number of hydrogen-bond acceptors (Lipinski definition) is 4. The van der Waals surface area contributed by atoms with Crippen LogP contribution >= 0.6 is 0 Å². The van der Waals surface area contributed by atoms with Gasteiger partial charge in [-0.15, -0.1) is 0 Å². The summed E-state index contributed by atoms with van der Waals surface area (Å²) >= 11 is 0. The molecule has 1 heterocycles. The minimum Gasteiger partial charge on any atom is -0.481 e. The Morgan fingerprint density at radius 1 is 1.06 bits per heavy atom. The molecule has 2 aromatic rings. The molecule has 2 aliphatic carbocycles. The molecule has 2 aromatic carbocycles. The molecular weight excluding hydrogens is 444 g/mol. The number of carbonyl (C=O) groups excluding carboxylic acids is 2. The van der Waals surface area contributed by atoms with Crippen LogP contribution in [0.1, 0.15) is 63.0 Å². The number of ether oxygens (including phenoxy) is 1. The molecule has 0 bridgehead atoms. The number of likely N-dealkylation sites (tertiary alicyclic amines) is 1. The number of amides is 2. The molecule has 2 fully saturated rings. The summed E-state index contributed by atoms with van der Waals surface area (Å²) < 4.78 is 5.65. The van der Waals surface area contributed by atoms with E-state index in [9.17, 15) is 19.5 Å². The maximum absolute atomic E-state index is 13.1. The van der Waals surface area contributed by atoms with Gasteiger partial charge in [-0.05, 0) is 55.4 Å². The van der Waals surface area contributed by atoms with Crippen LogP contribution in [0.5, 0.6) is 0 Å². The first kappa shape index (κ1) is 23.4. The summed E-state index contributed by atoms with van der Waals surface area (Å²) in [6.45, 7) is 4.25. The van der Waals surface area contributed by atoms with Crippen molar-refractivity contribution in [2.45, 2.75) is 63.5 Å². The van der Waals surface area contributed by atoms with Gasteiger partial charge in [-0.3, -0.25) is 9.59 Å². The van der Waals surface area contributed by atoms with E-state index in [0.717, 1.165) is 35.1 Å². The van der Waals surface area contributed by atoms with Gasteiger partial charge in [0, 0.05) is 30.5 Å².